The molecule has 2 rings (SSSR count). The molecule has 2 aromatic rings. The first-order valence-electron chi connectivity index (χ1n) is 4.92. The fraction of sp³-hybridized carbons (Fsp3) is 0. The van der Waals surface area contributed by atoms with Crippen LogP contribution in [-0.4, -0.2) is 11.2 Å². The number of rotatable bonds is 2. The van der Waals surface area contributed by atoms with Crippen molar-refractivity contribution in [3.8, 4) is 11.1 Å². The Morgan fingerprint density at radius 1 is 0.941 bits per heavy atom. The first-order chi connectivity index (χ1) is 7.77. The van der Waals surface area contributed by atoms with E-state index < -0.39 is 6.09 Å². The molecule has 4 heteroatoms. The van der Waals surface area contributed by atoms with Gasteiger partial charge in [-0.05, 0) is 11.6 Å². The largest absolute Gasteiger partial charge is 0.465 e. The monoisotopic (exact) mass is 293 g/mol. The quantitative estimate of drug-likeness (QED) is 0.878. The van der Waals surface area contributed by atoms with Crippen molar-refractivity contribution < 1.29 is 9.90 Å². The highest BCUT2D eigenvalue weighted by Crippen LogP contribution is 2.27. The fourth-order valence-electron chi connectivity index (χ4n) is 1.58. The molecule has 2 aromatic carbocycles. The van der Waals surface area contributed by atoms with Gasteiger partial charge >= 0.3 is 6.09 Å². The molecule has 0 spiro atoms. The van der Waals surface area contributed by atoms with E-state index >= 15 is 0 Å². The van der Waals surface area contributed by atoms with Crippen LogP contribution in [0.25, 0.3) is 11.1 Å². The number of benzene rings is 2. The predicted molar refractivity (Wildman–Crippen MR) is 73.8 cm³/mol. The van der Waals surface area contributed by atoms with Gasteiger partial charge in [-0.1, -0.05) is 48.5 Å². The van der Waals surface area contributed by atoms with Crippen LogP contribution in [0, 0.1) is 0 Å². The number of para-hydroxylation sites is 1. The zero-order valence-electron chi connectivity index (χ0n) is 8.96. The van der Waals surface area contributed by atoms with Gasteiger partial charge in [-0.2, -0.15) is 0 Å². The number of anilines is 1. The number of nitrogens with one attached hydrogen (secondary N) is 1. The summed E-state index contributed by atoms with van der Waals surface area (Å²) >= 11 is 0. The second kappa shape index (κ2) is 6.06. The van der Waals surface area contributed by atoms with Crippen LogP contribution in [0.15, 0.2) is 54.6 Å². The molecule has 0 aliphatic rings. The van der Waals surface area contributed by atoms with E-state index in [1.54, 1.807) is 12.1 Å². The fourth-order valence-corrected chi connectivity index (χ4v) is 1.58. The minimum absolute atomic E-state index is 0. The summed E-state index contributed by atoms with van der Waals surface area (Å²) in [6.07, 6.45) is -1.05. The highest BCUT2D eigenvalue weighted by molar-refractivity contribution is 8.93. The Hall–Kier alpha value is -1.81. The Labute approximate surface area is 110 Å². The van der Waals surface area contributed by atoms with Crippen LogP contribution in [0.5, 0.6) is 0 Å². The van der Waals surface area contributed by atoms with E-state index in [0.29, 0.717) is 5.69 Å². The Bertz CT molecular complexity index is 500. The Kier molecular flexibility index (Phi) is 4.72. The predicted octanol–water partition coefficient (Wildman–Crippen LogP) is 4.02. The van der Waals surface area contributed by atoms with E-state index in [2.05, 4.69) is 5.32 Å². The summed E-state index contributed by atoms with van der Waals surface area (Å²) in [6.45, 7) is 0. The third kappa shape index (κ3) is 3.32. The number of halogens is 1. The van der Waals surface area contributed by atoms with Crippen LogP contribution in [0.1, 0.15) is 0 Å². The summed E-state index contributed by atoms with van der Waals surface area (Å²) in [5, 5.41) is 11.1. The molecule has 0 aromatic heterocycles. The van der Waals surface area contributed by atoms with Crippen molar-refractivity contribution in [2.45, 2.75) is 0 Å². The van der Waals surface area contributed by atoms with Gasteiger partial charge in [-0.3, -0.25) is 5.32 Å². The maximum absolute atomic E-state index is 10.6. The maximum Gasteiger partial charge on any atom is 0.409 e. The lowest BCUT2D eigenvalue weighted by Gasteiger charge is -2.08. The molecular weight excluding hydrogens is 282 g/mol. The lowest BCUT2D eigenvalue weighted by atomic mass is 10.0. The van der Waals surface area contributed by atoms with Crippen LogP contribution >= 0.6 is 17.0 Å². The van der Waals surface area contributed by atoms with Gasteiger partial charge in [0.05, 0.1) is 5.69 Å². The van der Waals surface area contributed by atoms with E-state index in [0.717, 1.165) is 11.1 Å². The molecular formula is C13H12BrNO2. The molecule has 0 aliphatic carbocycles. The van der Waals surface area contributed by atoms with Crippen LogP contribution < -0.4 is 5.32 Å². The van der Waals surface area contributed by atoms with E-state index in [9.17, 15) is 4.79 Å². The smallest absolute Gasteiger partial charge is 0.409 e. The van der Waals surface area contributed by atoms with Gasteiger partial charge in [-0.15, -0.1) is 17.0 Å². The minimum Gasteiger partial charge on any atom is -0.465 e. The summed E-state index contributed by atoms with van der Waals surface area (Å²) in [7, 11) is 0. The highest BCUT2D eigenvalue weighted by Gasteiger charge is 2.05. The standard InChI is InChI=1S/C13H11NO2.BrH/c15-13(16)14-12-9-5-4-8-11(12)10-6-2-1-3-7-10;/h1-9,14H,(H,15,16);1H. The molecule has 0 bridgehead atoms. The summed E-state index contributed by atoms with van der Waals surface area (Å²) in [5.74, 6) is 0. The van der Waals surface area contributed by atoms with Crippen molar-refractivity contribution in [1.82, 2.24) is 0 Å². The zero-order chi connectivity index (χ0) is 11.4. The summed E-state index contributed by atoms with van der Waals surface area (Å²) < 4.78 is 0. The maximum atomic E-state index is 10.6. The summed E-state index contributed by atoms with van der Waals surface area (Å²) in [5.41, 5.74) is 2.47. The number of hydrogen-bond donors (Lipinski definition) is 2. The van der Waals surface area contributed by atoms with Gasteiger partial charge in [0.1, 0.15) is 0 Å². The molecule has 0 fully saturated rings. The second-order valence-corrected chi connectivity index (χ2v) is 3.34. The Morgan fingerprint density at radius 2 is 1.53 bits per heavy atom. The summed E-state index contributed by atoms with van der Waals surface area (Å²) in [6, 6.07) is 17.0. The zero-order valence-corrected chi connectivity index (χ0v) is 10.7. The number of amides is 1. The first-order valence-corrected chi connectivity index (χ1v) is 4.92. The van der Waals surface area contributed by atoms with Crippen molar-refractivity contribution >= 4 is 28.8 Å². The van der Waals surface area contributed by atoms with Gasteiger partial charge in [0, 0.05) is 5.56 Å². The first kappa shape index (κ1) is 13.3. The molecule has 0 heterocycles. The van der Waals surface area contributed by atoms with E-state index in [1.165, 1.54) is 0 Å². The normalized spacial score (nSPS) is 9.18. The molecule has 0 saturated carbocycles. The highest BCUT2D eigenvalue weighted by atomic mass is 79.9. The molecule has 3 nitrogen and oxygen atoms in total. The molecule has 2 N–H and O–H groups in total. The summed E-state index contributed by atoms with van der Waals surface area (Å²) in [4.78, 5) is 10.6. The SMILES string of the molecule is Br.O=C(O)Nc1ccccc1-c1ccccc1. The Morgan fingerprint density at radius 3 is 2.18 bits per heavy atom. The lowest BCUT2D eigenvalue weighted by molar-refractivity contribution is 0.210. The molecule has 88 valence electrons. The van der Waals surface area contributed by atoms with Gasteiger partial charge in [0.15, 0.2) is 0 Å². The third-order valence-corrected chi connectivity index (χ3v) is 2.25. The van der Waals surface area contributed by atoms with Crippen molar-refractivity contribution in [3.63, 3.8) is 0 Å². The molecule has 0 atom stereocenters. The van der Waals surface area contributed by atoms with Crippen molar-refractivity contribution in [2.75, 3.05) is 5.32 Å². The molecule has 0 saturated heterocycles. The molecule has 0 aliphatic heterocycles. The Balaban J connectivity index is 0.00000144. The number of carbonyl (C=O) groups is 1. The van der Waals surface area contributed by atoms with Gasteiger partial charge < -0.3 is 5.11 Å². The lowest BCUT2D eigenvalue weighted by Crippen LogP contribution is -2.08. The van der Waals surface area contributed by atoms with Crippen LogP contribution in [0.2, 0.25) is 0 Å². The second-order valence-electron chi connectivity index (χ2n) is 3.34. The van der Waals surface area contributed by atoms with Crippen LogP contribution in [0.3, 0.4) is 0 Å². The average molecular weight is 294 g/mol. The van der Waals surface area contributed by atoms with Crippen LogP contribution in [0.4, 0.5) is 10.5 Å². The third-order valence-electron chi connectivity index (χ3n) is 2.25. The van der Waals surface area contributed by atoms with E-state index in [-0.39, 0.29) is 17.0 Å². The topological polar surface area (TPSA) is 49.3 Å². The van der Waals surface area contributed by atoms with Crippen molar-refractivity contribution in [2.24, 2.45) is 0 Å². The van der Waals surface area contributed by atoms with E-state index in [4.69, 9.17) is 5.11 Å². The molecule has 0 radical (unpaired) electrons. The minimum atomic E-state index is -1.05. The van der Waals surface area contributed by atoms with Crippen LogP contribution in [-0.2, 0) is 0 Å². The van der Waals surface area contributed by atoms with Gasteiger partial charge in [-0.25, -0.2) is 4.79 Å². The van der Waals surface area contributed by atoms with Crippen molar-refractivity contribution in [3.05, 3.63) is 54.6 Å². The molecule has 1 amide bonds. The molecule has 0 unspecified atom stereocenters. The number of hydrogen-bond acceptors (Lipinski definition) is 1. The van der Waals surface area contributed by atoms with E-state index in [1.807, 2.05) is 42.5 Å². The number of carboxylic acid groups (broad SMARTS) is 1. The van der Waals surface area contributed by atoms with Gasteiger partial charge in [0.25, 0.3) is 0 Å². The van der Waals surface area contributed by atoms with Crippen molar-refractivity contribution in [1.29, 1.82) is 0 Å². The average Bonchev–Trinajstić information content (AvgIpc) is 2.30. The molecule has 17 heavy (non-hydrogen) atoms. The van der Waals surface area contributed by atoms with Gasteiger partial charge in [0.2, 0.25) is 0 Å².